The molecular formula is C12H16BrN3O2S. The first-order chi connectivity index (χ1) is 8.90. The zero-order chi connectivity index (χ0) is 14.2. The molecule has 1 aliphatic rings. The second-order valence-corrected chi connectivity index (χ2v) is 7.20. The third-order valence-corrected chi connectivity index (χ3v) is 4.90. The first kappa shape index (κ1) is 14.6. The molecule has 2 heterocycles. The fourth-order valence-electron chi connectivity index (χ4n) is 2.29. The number of nitrogens with one attached hydrogen (secondary N) is 1. The highest BCUT2D eigenvalue weighted by molar-refractivity contribution is 9.11. The Balaban J connectivity index is 2.33. The van der Waals surface area contributed by atoms with Crippen molar-refractivity contribution in [1.29, 1.82) is 0 Å². The van der Waals surface area contributed by atoms with Crippen LogP contribution in [-0.2, 0) is 9.59 Å². The fourth-order valence-corrected chi connectivity index (χ4v) is 3.95. The van der Waals surface area contributed by atoms with Crippen LogP contribution >= 0.6 is 27.3 Å². The van der Waals surface area contributed by atoms with E-state index in [0.29, 0.717) is 0 Å². The molecule has 1 fully saturated rings. The maximum atomic E-state index is 11.8. The van der Waals surface area contributed by atoms with E-state index in [1.807, 2.05) is 24.0 Å². The van der Waals surface area contributed by atoms with Crippen molar-refractivity contribution in [2.24, 2.45) is 5.73 Å². The van der Waals surface area contributed by atoms with Gasteiger partial charge in [0.05, 0.1) is 22.4 Å². The zero-order valence-corrected chi connectivity index (χ0v) is 13.1. The predicted octanol–water partition coefficient (Wildman–Crippen LogP) is 1.25. The van der Waals surface area contributed by atoms with Crippen LogP contribution in [0.1, 0.15) is 24.8 Å². The molecule has 3 unspecified atom stereocenters. The molecule has 0 bridgehead atoms. The number of nitrogens with two attached hydrogens (primary N) is 1. The van der Waals surface area contributed by atoms with Gasteiger partial charge in [-0.05, 0) is 41.9 Å². The smallest absolute Gasteiger partial charge is 0.243 e. The van der Waals surface area contributed by atoms with Gasteiger partial charge in [-0.3, -0.25) is 19.8 Å². The number of amides is 2. The minimum Gasteiger partial charge on any atom is -0.326 e. The average Bonchev–Trinajstić information content (AvgIpc) is 2.71. The van der Waals surface area contributed by atoms with Gasteiger partial charge >= 0.3 is 0 Å². The number of halogens is 1. The van der Waals surface area contributed by atoms with Gasteiger partial charge in [0.25, 0.3) is 0 Å². The molecule has 7 heteroatoms. The van der Waals surface area contributed by atoms with E-state index in [9.17, 15) is 9.59 Å². The van der Waals surface area contributed by atoms with Crippen LogP contribution in [0.5, 0.6) is 0 Å². The van der Waals surface area contributed by atoms with Crippen molar-refractivity contribution in [3.63, 3.8) is 0 Å². The van der Waals surface area contributed by atoms with Crippen molar-refractivity contribution in [3.05, 3.63) is 20.8 Å². The molecule has 1 aliphatic heterocycles. The van der Waals surface area contributed by atoms with Gasteiger partial charge in [0.1, 0.15) is 0 Å². The quantitative estimate of drug-likeness (QED) is 0.808. The summed E-state index contributed by atoms with van der Waals surface area (Å²) in [6.45, 7) is 3.87. The lowest BCUT2D eigenvalue weighted by atomic mass is 10.0. The molecule has 3 N–H and O–H groups in total. The van der Waals surface area contributed by atoms with E-state index in [1.54, 1.807) is 18.3 Å². The average molecular weight is 346 g/mol. The summed E-state index contributed by atoms with van der Waals surface area (Å²) in [7, 11) is 0. The van der Waals surface area contributed by atoms with Crippen LogP contribution in [0.4, 0.5) is 0 Å². The SMILES string of the molecule is CC(N)C(c1ccc(Br)s1)N1CC(=O)NC(=O)C1C. The van der Waals surface area contributed by atoms with Gasteiger partial charge in [-0.25, -0.2) is 0 Å². The van der Waals surface area contributed by atoms with Crippen molar-refractivity contribution in [1.82, 2.24) is 10.2 Å². The minimum atomic E-state index is -0.366. The van der Waals surface area contributed by atoms with Crippen LogP contribution in [0.25, 0.3) is 0 Å². The highest BCUT2D eigenvalue weighted by Crippen LogP contribution is 2.34. The molecular weight excluding hydrogens is 330 g/mol. The van der Waals surface area contributed by atoms with E-state index in [4.69, 9.17) is 5.73 Å². The van der Waals surface area contributed by atoms with Crippen molar-refractivity contribution >= 4 is 39.1 Å². The second kappa shape index (κ2) is 5.70. The number of imide groups is 1. The lowest BCUT2D eigenvalue weighted by Gasteiger charge is -2.39. The van der Waals surface area contributed by atoms with Crippen molar-refractivity contribution in [3.8, 4) is 0 Å². The molecule has 3 atom stereocenters. The molecule has 2 amide bonds. The molecule has 1 aromatic heterocycles. The van der Waals surface area contributed by atoms with Gasteiger partial charge in [-0.15, -0.1) is 11.3 Å². The molecule has 0 radical (unpaired) electrons. The Labute approximate surface area is 124 Å². The number of thiophene rings is 1. The standard InChI is InChI=1S/C12H16BrN3O2S/c1-6(14)11(8-3-4-9(13)19-8)16-5-10(17)15-12(18)7(16)2/h3-4,6-7,11H,5,14H2,1-2H3,(H,15,17,18). The van der Waals surface area contributed by atoms with E-state index < -0.39 is 0 Å². The first-order valence-electron chi connectivity index (χ1n) is 6.00. The van der Waals surface area contributed by atoms with Gasteiger partial charge in [0.2, 0.25) is 11.8 Å². The number of rotatable bonds is 3. The first-order valence-corrected chi connectivity index (χ1v) is 7.61. The van der Waals surface area contributed by atoms with Crippen LogP contribution < -0.4 is 11.1 Å². The normalized spacial score (nSPS) is 24.1. The molecule has 5 nitrogen and oxygen atoms in total. The summed E-state index contributed by atoms with van der Waals surface area (Å²) in [5.74, 6) is -0.540. The van der Waals surface area contributed by atoms with Crippen molar-refractivity contribution in [2.75, 3.05) is 6.54 Å². The number of hydrogen-bond acceptors (Lipinski definition) is 5. The monoisotopic (exact) mass is 345 g/mol. The van der Waals surface area contributed by atoms with Crippen molar-refractivity contribution in [2.45, 2.75) is 32.0 Å². The Morgan fingerprint density at radius 3 is 2.74 bits per heavy atom. The summed E-state index contributed by atoms with van der Waals surface area (Å²) >= 11 is 5.00. The van der Waals surface area contributed by atoms with E-state index in [2.05, 4.69) is 21.2 Å². The molecule has 0 spiro atoms. The van der Waals surface area contributed by atoms with Gasteiger partial charge in [-0.1, -0.05) is 0 Å². The highest BCUT2D eigenvalue weighted by Gasteiger charge is 2.37. The molecule has 2 rings (SSSR count). The molecule has 19 heavy (non-hydrogen) atoms. The summed E-state index contributed by atoms with van der Waals surface area (Å²) in [6, 6.07) is 3.25. The largest absolute Gasteiger partial charge is 0.326 e. The van der Waals surface area contributed by atoms with Crippen LogP contribution in [0.2, 0.25) is 0 Å². The van der Waals surface area contributed by atoms with Gasteiger partial charge in [0, 0.05) is 10.9 Å². The van der Waals surface area contributed by atoms with E-state index in [1.165, 1.54) is 0 Å². The molecule has 1 aromatic rings. The summed E-state index contributed by atoms with van der Waals surface area (Å²) in [6.07, 6.45) is 0. The number of carbonyl (C=O) groups is 2. The topological polar surface area (TPSA) is 75.4 Å². The van der Waals surface area contributed by atoms with Gasteiger partial charge in [0.15, 0.2) is 0 Å². The van der Waals surface area contributed by atoms with Crippen LogP contribution in [0.15, 0.2) is 15.9 Å². The maximum Gasteiger partial charge on any atom is 0.243 e. The van der Waals surface area contributed by atoms with E-state index in [0.717, 1.165) is 8.66 Å². The Kier molecular flexibility index (Phi) is 4.39. The molecule has 0 aliphatic carbocycles. The van der Waals surface area contributed by atoms with Gasteiger partial charge in [-0.2, -0.15) is 0 Å². The Bertz CT molecular complexity index is 503. The lowest BCUT2D eigenvalue weighted by Crippen LogP contribution is -2.59. The summed E-state index contributed by atoms with van der Waals surface area (Å²) in [4.78, 5) is 26.2. The van der Waals surface area contributed by atoms with Crippen LogP contribution in [0.3, 0.4) is 0 Å². The lowest BCUT2D eigenvalue weighted by molar-refractivity contribution is -0.141. The second-order valence-electron chi connectivity index (χ2n) is 4.71. The number of nitrogens with zero attached hydrogens (tertiary/aromatic N) is 1. The van der Waals surface area contributed by atoms with E-state index >= 15 is 0 Å². The molecule has 1 saturated heterocycles. The zero-order valence-electron chi connectivity index (χ0n) is 10.7. The van der Waals surface area contributed by atoms with Crippen LogP contribution in [-0.4, -0.2) is 35.3 Å². The Morgan fingerprint density at radius 1 is 1.53 bits per heavy atom. The molecule has 0 aromatic carbocycles. The molecule has 0 saturated carbocycles. The summed E-state index contributed by atoms with van der Waals surface area (Å²) < 4.78 is 1.01. The van der Waals surface area contributed by atoms with Crippen LogP contribution in [0, 0.1) is 0 Å². The Morgan fingerprint density at radius 2 is 2.21 bits per heavy atom. The predicted molar refractivity (Wildman–Crippen MR) is 77.7 cm³/mol. The fraction of sp³-hybridized carbons (Fsp3) is 0.500. The minimum absolute atomic E-state index is 0.138. The Hall–Kier alpha value is -0.760. The van der Waals surface area contributed by atoms with Crippen molar-refractivity contribution < 1.29 is 9.59 Å². The molecule has 104 valence electrons. The third-order valence-electron chi connectivity index (χ3n) is 3.21. The van der Waals surface area contributed by atoms with E-state index in [-0.39, 0.29) is 36.5 Å². The number of piperazine rings is 1. The number of hydrogen-bond donors (Lipinski definition) is 2. The highest BCUT2D eigenvalue weighted by atomic mass is 79.9. The number of carbonyl (C=O) groups excluding carboxylic acids is 2. The maximum absolute atomic E-state index is 11.8. The third kappa shape index (κ3) is 3.05. The summed E-state index contributed by atoms with van der Waals surface area (Å²) in [5, 5.41) is 2.34. The van der Waals surface area contributed by atoms with Gasteiger partial charge < -0.3 is 5.73 Å². The summed E-state index contributed by atoms with van der Waals surface area (Å²) in [5.41, 5.74) is 6.07.